The van der Waals surface area contributed by atoms with E-state index in [1.54, 1.807) is 0 Å². The monoisotopic (exact) mass is 680 g/mol. The number of fused-ring (bicyclic) bond motifs is 5. The molecule has 50 heavy (non-hydrogen) atoms. The molecule has 5 heteroatoms. The van der Waals surface area contributed by atoms with Crippen LogP contribution in [0.2, 0.25) is 0 Å². The first kappa shape index (κ1) is 36.5. The zero-order valence-corrected chi connectivity index (χ0v) is 31.7. The van der Waals surface area contributed by atoms with Crippen molar-refractivity contribution in [3.63, 3.8) is 0 Å². The summed E-state index contributed by atoms with van der Waals surface area (Å²) >= 11 is 0. The average Bonchev–Trinajstić information content (AvgIpc) is 3.34. The summed E-state index contributed by atoms with van der Waals surface area (Å²) in [4.78, 5) is 12.0. The van der Waals surface area contributed by atoms with Gasteiger partial charge in [-0.25, -0.2) is 0 Å². The van der Waals surface area contributed by atoms with E-state index in [0.29, 0.717) is 27.9 Å². The van der Waals surface area contributed by atoms with Gasteiger partial charge in [0, 0.05) is 23.8 Å². The van der Waals surface area contributed by atoms with Gasteiger partial charge in [-0.1, -0.05) is 94.7 Å². The van der Waals surface area contributed by atoms with Crippen LogP contribution in [0.5, 0.6) is 11.5 Å². The summed E-state index contributed by atoms with van der Waals surface area (Å²) in [5.41, 5.74) is 6.97. The number of hydrogen-bond donors (Lipinski definition) is 3. The second-order valence-corrected chi connectivity index (χ2v) is 17.8. The van der Waals surface area contributed by atoms with Crippen molar-refractivity contribution in [2.45, 2.75) is 126 Å². The van der Waals surface area contributed by atoms with Crippen molar-refractivity contribution in [3.8, 4) is 22.8 Å². The third-order valence-electron chi connectivity index (χ3n) is 14.5. The Hall–Kier alpha value is -3.31. The lowest BCUT2D eigenvalue weighted by atomic mass is 9.43. The number of aromatic hydroxyl groups is 2. The standard InChI is InChI=1S/C30H50O.C15H10O4/c1-20(2)10-9-11-21(3)22-14-18-30(8)24-12-13-25-27(4,5)26(31)16-17-28(25,6)23(24)15-19-29(22,30)7;16-10-6-11(17)15-12(18)8-13(19-14(15)7-10)9-4-2-1-3-5-9/h10,21-22,25-26,31H,9,11-19H2,1-8H3;1-8,16-17H. The van der Waals surface area contributed by atoms with Crippen LogP contribution in [0.3, 0.4) is 0 Å². The van der Waals surface area contributed by atoms with E-state index >= 15 is 0 Å². The minimum absolute atomic E-state index is 0.0465. The minimum Gasteiger partial charge on any atom is -0.508 e. The van der Waals surface area contributed by atoms with Gasteiger partial charge in [0.2, 0.25) is 0 Å². The average molecular weight is 681 g/mol. The summed E-state index contributed by atoms with van der Waals surface area (Å²) in [6.45, 7) is 19.6. The van der Waals surface area contributed by atoms with Crippen molar-refractivity contribution in [1.29, 1.82) is 0 Å². The molecule has 4 aliphatic carbocycles. The number of rotatable bonds is 5. The third kappa shape index (κ3) is 6.06. The molecule has 0 saturated heterocycles. The van der Waals surface area contributed by atoms with E-state index < -0.39 is 0 Å². The molecule has 7 atom stereocenters. The molecule has 2 saturated carbocycles. The summed E-state index contributed by atoms with van der Waals surface area (Å²) in [7, 11) is 0. The van der Waals surface area contributed by atoms with E-state index in [9.17, 15) is 20.1 Å². The van der Waals surface area contributed by atoms with Gasteiger partial charge in [-0.15, -0.1) is 0 Å². The highest BCUT2D eigenvalue weighted by Crippen LogP contribution is 2.72. The summed E-state index contributed by atoms with van der Waals surface area (Å²) in [6, 6.07) is 12.9. The molecule has 4 aliphatic rings. The van der Waals surface area contributed by atoms with Crippen LogP contribution in [0.4, 0.5) is 0 Å². The fraction of sp³-hybridized carbons (Fsp3) is 0.578. The van der Waals surface area contributed by atoms with E-state index in [1.165, 1.54) is 75.5 Å². The number of hydrogen-bond acceptors (Lipinski definition) is 5. The second-order valence-electron chi connectivity index (χ2n) is 17.8. The van der Waals surface area contributed by atoms with Crippen LogP contribution >= 0.6 is 0 Å². The molecule has 1 aromatic heterocycles. The minimum atomic E-state index is -0.349. The molecule has 270 valence electrons. The van der Waals surface area contributed by atoms with Gasteiger partial charge >= 0.3 is 0 Å². The summed E-state index contributed by atoms with van der Waals surface area (Å²) < 4.78 is 5.57. The van der Waals surface area contributed by atoms with Gasteiger partial charge in [-0.2, -0.15) is 0 Å². The Morgan fingerprint density at radius 3 is 2.34 bits per heavy atom. The number of aliphatic hydroxyl groups excluding tert-OH is 1. The largest absolute Gasteiger partial charge is 0.508 e. The molecule has 1 heterocycles. The zero-order chi connectivity index (χ0) is 36.2. The first-order valence-electron chi connectivity index (χ1n) is 19.1. The summed E-state index contributed by atoms with van der Waals surface area (Å²) in [5.74, 6) is 2.27. The maximum atomic E-state index is 12.0. The highest BCUT2D eigenvalue weighted by Gasteiger charge is 2.63. The normalized spacial score (nSPS) is 31.9. The van der Waals surface area contributed by atoms with Crippen LogP contribution < -0.4 is 5.43 Å². The fourth-order valence-electron chi connectivity index (χ4n) is 11.5. The zero-order valence-electron chi connectivity index (χ0n) is 31.7. The van der Waals surface area contributed by atoms with E-state index in [-0.39, 0.29) is 39.4 Å². The van der Waals surface area contributed by atoms with Crippen LogP contribution in [-0.2, 0) is 0 Å². The number of phenolic OH excluding ortho intramolecular Hbond substituents is 2. The predicted molar refractivity (Wildman–Crippen MR) is 204 cm³/mol. The van der Waals surface area contributed by atoms with Crippen molar-refractivity contribution in [3.05, 3.63) is 81.5 Å². The van der Waals surface area contributed by atoms with E-state index in [4.69, 9.17) is 4.42 Å². The van der Waals surface area contributed by atoms with Crippen molar-refractivity contribution in [1.82, 2.24) is 0 Å². The molecule has 3 N–H and O–H groups in total. The van der Waals surface area contributed by atoms with Crippen molar-refractivity contribution >= 4 is 11.0 Å². The molecule has 0 bridgehead atoms. The lowest BCUT2D eigenvalue weighted by Crippen LogP contribution is -2.55. The fourth-order valence-corrected chi connectivity index (χ4v) is 11.5. The smallest absolute Gasteiger partial charge is 0.197 e. The molecule has 0 spiro atoms. The van der Waals surface area contributed by atoms with Crippen LogP contribution in [0.1, 0.15) is 120 Å². The Bertz CT molecular complexity index is 1840. The van der Waals surface area contributed by atoms with Gasteiger partial charge in [-0.3, -0.25) is 4.79 Å². The highest BCUT2D eigenvalue weighted by atomic mass is 16.3. The molecule has 3 aromatic rings. The van der Waals surface area contributed by atoms with Crippen LogP contribution in [0.25, 0.3) is 22.3 Å². The predicted octanol–water partition coefficient (Wildman–Crippen LogP) is 11.4. The van der Waals surface area contributed by atoms with Gasteiger partial charge in [0.05, 0.1) is 6.10 Å². The molecular formula is C45H60O5. The quantitative estimate of drug-likeness (QED) is 0.233. The van der Waals surface area contributed by atoms with Crippen LogP contribution in [0.15, 0.2) is 80.5 Å². The molecule has 7 rings (SSSR count). The SMILES string of the molecule is CC(C)=CCCC(C)C1CCC2(C)C3=C(CCC12C)C1(C)CCC(O)C(C)(C)C1CC3.O=c1cc(-c2ccccc2)oc2cc(O)cc(O)c12. The molecule has 0 radical (unpaired) electrons. The Labute approximate surface area is 299 Å². The van der Waals surface area contributed by atoms with E-state index in [1.807, 2.05) is 41.5 Å². The number of aliphatic hydroxyl groups is 1. The molecule has 2 aromatic carbocycles. The van der Waals surface area contributed by atoms with Crippen molar-refractivity contribution in [2.24, 2.45) is 39.4 Å². The maximum absolute atomic E-state index is 12.0. The third-order valence-corrected chi connectivity index (χ3v) is 14.5. The van der Waals surface area contributed by atoms with Crippen molar-refractivity contribution in [2.75, 3.05) is 0 Å². The number of allylic oxidation sites excluding steroid dienone is 4. The first-order valence-corrected chi connectivity index (χ1v) is 19.1. The lowest BCUT2D eigenvalue weighted by molar-refractivity contribution is -0.0962. The van der Waals surface area contributed by atoms with E-state index in [2.05, 4.69) is 61.5 Å². The Balaban J connectivity index is 0.000000194. The number of phenols is 2. The molecule has 5 nitrogen and oxygen atoms in total. The Morgan fingerprint density at radius 1 is 0.920 bits per heavy atom. The second kappa shape index (κ2) is 13.3. The summed E-state index contributed by atoms with van der Waals surface area (Å²) in [6.07, 6.45) is 15.2. The highest BCUT2D eigenvalue weighted by molar-refractivity contribution is 5.85. The molecule has 0 amide bonds. The molecule has 2 fully saturated rings. The topological polar surface area (TPSA) is 90.9 Å². The number of benzene rings is 2. The van der Waals surface area contributed by atoms with Crippen molar-refractivity contribution < 1.29 is 19.7 Å². The van der Waals surface area contributed by atoms with Gasteiger partial charge in [0.15, 0.2) is 5.43 Å². The van der Waals surface area contributed by atoms with Gasteiger partial charge in [0.25, 0.3) is 0 Å². The van der Waals surface area contributed by atoms with E-state index in [0.717, 1.165) is 29.9 Å². The molecule has 0 aliphatic heterocycles. The van der Waals surface area contributed by atoms with Crippen LogP contribution in [0, 0.1) is 39.4 Å². The Morgan fingerprint density at radius 2 is 1.64 bits per heavy atom. The van der Waals surface area contributed by atoms with Crippen LogP contribution in [-0.4, -0.2) is 21.4 Å². The molecular weight excluding hydrogens is 620 g/mol. The lowest BCUT2D eigenvalue weighted by Gasteiger charge is -2.62. The Kier molecular flexibility index (Phi) is 9.74. The van der Waals surface area contributed by atoms with Gasteiger partial charge in [-0.05, 0) is 117 Å². The summed E-state index contributed by atoms with van der Waals surface area (Å²) in [5, 5.41) is 30.0. The van der Waals surface area contributed by atoms with Gasteiger partial charge in [0.1, 0.15) is 28.2 Å². The first-order chi connectivity index (χ1) is 23.5. The molecule has 7 unspecified atom stereocenters. The maximum Gasteiger partial charge on any atom is 0.197 e. The van der Waals surface area contributed by atoms with Gasteiger partial charge < -0.3 is 19.7 Å².